The molecule has 0 saturated carbocycles. The molecule has 0 aromatic heterocycles. The van der Waals surface area contributed by atoms with Gasteiger partial charge in [0.1, 0.15) is 12.9 Å². The van der Waals surface area contributed by atoms with Gasteiger partial charge in [-0.1, -0.05) is 37.3 Å². The molecule has 6 heteroatoms. The number of amides is 1. The van der Waals surface area contributed by atoms with E-state index in [-0.39, 0.29) is 24.7 Å². The lowest BCUT2D eigenvalue weighted by Gasteiger charge is -2.24. The van der Waals surface area contributed by atoms with Crippen LogP contribution in [0.4, 0.5) is 0 Å². The molecule has 1 unspecified atom stereocenters. The number of carboxylic acids is 1. The average molecular weight is 311 g/mol. The number of benzene rings is 1. The minimum atomic E-state index is -2.57. The van der Waals surface area contributed by atoms with Gasteiger partial charge in [0.2, 0.25) is 5.91 Å². The fourth-order valence-electron chi connectivity index (χ4n) is 2.13. The molecule has 1 aromatic carbocycles. The van der Waals surface area contributed by atoms with Gasteiger partial charge in [-0.15, -0.1) is 0 Å². The standard InChI is InChI=1S/C15H22NO4P/c1-11(10-14(18)19)9-13(17)16-15(21(2,3)20)12-7-5-4-6-8-12/h4-8,11,15H,9-10H2,1-3H3,(H,16,17)(H,18,19)/t11?,15-/m1/s1. The van der Waals surface area contributed by atoms with Crippen molar-refractivity contribution in [1.82, 2.24) is 5.32 Å². The number of hydrogen-bond acceptors (Lipinski definition) is 3. The van der Waals surface area contributed by atoms with Crippen LogP contribution >= 0.6 is 7.14 Å². The monoisotopic (exact) mass is 311 g/mol. The predicted octanol–water partition coefficient (Wildman–Crippen LogP) is 2.93. The Morgan fingerprint density at radius 2 is 1.76 bits per heavy atom. The van der Waals surface area contributed by atoms with Crippen molar-refractivity contribution in [2.75, 3.05) is 13.3 Å². The van der Waals surface area contributed by atoms with Crippen molar-refractivity contribution in [2.45, 2.75) is 25.5 Å². The van der Waals surface area contributed by atoms with E-state index in [4.69, 9.17) is 5.11 Å². The third-order valence-electron chi connectivity index (χ3n) is 3.09. The van der Waals surface area contributed by atoms with Crippen molar-refractivity contribution in [2.24, 2.45) is 5.92 Å². The summed E-state index contributed by atoms with van der Waals surface area (Å²) in [5.41, 5.74) is 0.796. The van der Waals surface area contributed by atoms with Crippen molar-refractivity contribution in [1.29, 1.82) is 0 Å². The Bertz CT molecular complexity index is 538. The molecular weight excluding hydrogens is 289 g/mol. The second kappa shape index (κ2) is 7.41. The Kier molecular flexibility index (Phi) is 6.16. The summed E-state index contributed by atoms with van der Waals surface area (Å²) in [5, 5.41) is 11.5. The van der Waals surface area contributed by atoms with Gasteiger partial charge >= 0.3 is 5.97 Å². The SMILES string of the molecule is CC(CC(=O)O)CC(=O)N[C@@H](c1ccccc1)P(C)(C)=O. The molecule has 0 fully saturated rings. The van der Waals surface area contributed by atoms with E-state index in [0.29, 0.717) is 0 Å². The molecule has 1 rings (SSSR count). The summed E-state index contributed by atoms with van der Waals surface area (Å²) in [6.07, 6.45) is 0.0506. The first-order chi connectivity index (χ1) is 9.70. The van der Waals surface area contributed by atoms with Gasteiger partial charge in [-0.05, 0) is 24.8 Å². The highest BCUT2D eigenvalue weighted by molar-refractivity contribution is 7.62. The van der Waals surface area contributed by atoms with Crippen molar-refractivity contribution in [3.8, 4) is 0 Å². The summed E-state index contributed by atoms with van der Waals surface area (Å²) in [6, 6.07) is 9.17. The number of rotatable bonds is 7. The number of hydrogen-bond donors (Lipinski definition) is 2. The first-order valence-electron chi connectivity index (χ1n) is 6.81. The van der Waals surface area contributed by atoms with E-state index in [1.807, 2.05) is 30.3 Å². The highest BCUT2D eigenvalue weighted by Crippen LogP contribution is 2.50. The first-order valence-corrected chi connectivity index (χ1v) is 9.48. The third-order valence-corrected chi connectivity index (χ3v) is 4.76. The summed E-state index contributed by atoms with van der Waals surface area (Å²) in [4.78, 5) is 22.7. The van der Waals surface area contributed by atoms with Crippen molar-refractivity contribution >= 4 is 19.0 Å². The van der Waals surface area contributed by atoms with E-state index in [1.165, 1.54) is 0 Å². The van der Waals surface area contributed by atoms with Gasteiger partial charge in [0.15, 0.2) is 0 Å². The van der Waals surface area contributed by atoms with Gasteiger partial charge < -0.3 is 15.0 Å². The van der Waals surface area contributed by atoms with Crippen LogP contribution in [0, 0.1) is 5.92 Å². The van der Waals surface area contributed by atoms with Gasteiger partial charge in [-0.2, -0.15) is 0 Å². The summed E-state index contributed by atoms with van der Waals surface area (Å²) in [7, 11) is -2.57. The lowest BCUT2D eigenvalue weighted by Crippen LogP contribution is -2.29. The largest absolute Gasteiger partial charge is 0.481 e. The molecule has 0 bridgehead atoms. The molecule has 1 aromatic rings. The minimum absolute atomic E-state index is 0.0562. The van der Waals surface area contributed by atoms with Crippen molar-refractivity contribution in [3.05, 3.63) is 35.9 Å². The molecule has 0 spiro atoms. The molecule has 0 heterocycles. The van der Waals surface area contributed by atoms with E-state index >= 15 is 0 Å². The number of carbonyl (C=O) groups is 2. The van der Waals surface area contributed by atoms with Crippen LogP contribution in [0.1, 0.15) is 31.1 Å². The second-order valence-corrected chi connectivity index (χ2v) is 9.11. The lowest BCUT2D eigenvalue weighted by atomic mass is 10.0. The lowest BCUT2D eigenvalue weighted by molar-refractivity contribution is -0.138. The van der Waals surface area contributed by atoms with Gasteiger partial charge in [-0.25, -0.2) is 0 Å². The Morgan fingerprint density at radius 1 is 1.19 bits per heavy atom. The predicted molar refractivity (Wildman–Crippen MR) is 82.8 cm³/mol. The summed E-state index contributed by atoms with van der Waals surface area (Å²) >= 11 is 0. The smallest absolute Gasteiger partial charge is 0.303 e. The fourth-order valence-corrected chi connectivity index (χ4v) is 3.48. The van der Waals surface area contributed by atoms with E-state index in [0.717, 1.165) is 5.56 Å². The molecule has 0 saturated heterocycles. The topological polar surface area (TPSA) is 83.5 Å². The van der Waals surface area contributed by atoms with Crippen LogP contribution in [0.3, 0.4) is 0 Å². The molecule has 5 nitrogen and oxygen atoms in total. The molecule has 0 aliphatic rings. The zero-order valence-electron chi connectivity index (χ0n) is 12.6. The van der Waals surface area contributed by atoms with Gasteiger partial charge in [0.25, 0.3) is 0 Å². The number of nitrogens with one attached hydrogen (secondary N) is 1. The van der Waals surface area contributed by atoms with E-state index in [9.17, 15) is 14.2 Å². The van der Waals surface area contributed by atoms with Gasteiger partial charge in [0.05, 0.1) is 0 Å². The number of aliphatic carboxylic acids is 1. The molecule has 0 aliphatic heterocycles. The van der Waals surface area contributed by atoms with Crippen LogP contribution in [0.2, 0.25) is 0 Å². The maximum atomic E-state index is 12.4. The van der Waals surface area contributed by atoms with Gasteiger partial charge in [-0.3, -0.25) is 9.59 Å². The van der Waals surface area contributed by atoms with Crippen LogP contribution in [0.25, 0.3) is 0 Å². The number of carboxylic acid groups (broad SMARTS) is 1. The highest BCUT2D eigenvalue weighted by atomic mass is 31.2. The Morgan fingerprint density at radius 3 is 2.24 bits per heavy atom. The zero-order valence-corrected chi connectivity index (χ0v) is 13.5. The maximum Gasteiger partial charge on any atom is 0.303 e. The first kappa shape index (κ1) is 17.4. The normalized spacial score (nSPS) is 14.2. The average Bonchev–Trinajstić information content (AvgIpc) is 2.34. The van der Waals surface area contributed by atoms with Crippen LogP contribution in [0.5, 0.6) is 0 Å². The minimum Gasteiger partial charge on any atom is -0.481 e. The molecule has 0 radical (unpaired) electrons. The van der Waals surface area contributed by atoms with Crippen molar-refractivity contribution in [3.63, 3.8) is 0 Å². The highest BCUT2D eigenvalue weighted by Gasteiger charge is 2.27. The van der Waals surface area contributed by atoms with Crippen LogP contribution in [-0.4, -0.2) is 30.3 Å². The molecule has 116 valence electrons. The van der Waals surface area contributed by atoms with Crippen LogP contribution in [-0.2, 0) is 14.2 Å². The Hall–Kier alpha value is -1.61. The summed E-state index contributed by atoms with van der Waals surface area (Å²) in [6.45, 7) is 4.97. The maximum absolute atomic E-state index is 12.4. The van der Waals surface area contributed by atoms with Gasteiger partial charge in [0, 0.05) is 12.8 Å². The molecule has 2 atom stereocenters. The third kappa shape index (κ3) is 6.13. The molecule has 21 heavy (non-hydrogen) atoms. The molecule has 1 amide bonds. The Balaban J connectivity index is 2.77. The van der Waals surface area contributed by atoms with E-state index in [2.05, 4.69) is 5.32 Å². The zero-order chi connectivity index (χ0) is 16.0. The molecule has 0 aliphatic carbocycles. The Labute approximate surface area is 125 Å². The van der Waals surface area contributed by atoms with E-state index < -0.39 is 18.9 Å². The van der Waals surface area contributed by atoms with E-state index in [1.54, 1.807) is 20.3 Å². The molecular formula is C15H22NO4P. The summed E-state index contributed by atoms with van der Waals surface area (Å²) in [5.74, 6) is -2.00. The molecule has 2 N–H and O–H groups in total. The summed E-state index contributed by atoms with van der Waals surface area (Å²) < 4.78 is 12.4. The fraction of sp³-hybridized carbons (Fsp3) is 0.467. The quantitative estimate of drug-likeness (QED) is 0.758. The van der Waals surface area contributed by atoms with Crippen molar-refractivity contribution < 1.29 is 19.3 Å². The second-order valence-electron chi connectivity index (χ2n) is 5.72. The van der Waals surface area contributed by atoms with Crippen LogP contribution < -0.4 is 5.32 Å². The van der Waals surface area contributed by atoms with Crippen LogP contribution in [0.15, 0.2) is 30.3 Å². The number of carbonyl (C=O) groups excluding carboxylic acids is 1.